The molecular formula is C18H22ClN3O2. The van der Waals surface area contributed by atoms with Crippen molar-refractivity contribution in [3.8, 4) is 0 Å². The molecule has 0 bridgehead atoms. The zero-order valence-electron chi connectivity index (χ0n) is 13.6. The molecule has 24 heavy (non-hydrogen) atoms. The van der Waals surface area contributed by atoms with E-state index in [2.05, 4.69) is 14.9 Å². The van der Waals surface area contributed by atoms with Crippen LogP contribution in [0.15, 0.2) is 24.5 Å². The number of rotatable bonds is 3. The maximum absolute atomic E-state index is 12.3. The molecule has 2 fully saturated rings. The van der Waals surface area contributed by atoms with Crippen molar-refractivity contribution in [1.82, 2.24) is 14.9 Å². The fraction of sp³-hybridized carbons (Fsp3) is 0.556. The van der Waals surface area contributed by atoms with Crippen molar-refractivity contribution in [3.05, 3.63) is 29.5 Å². The third kappa shape index (κ3) is 3.15. The number of nitrogens with one attached hydrogen (secondary N) is 1. The van der Waals surface area contributed by atoms with Gasteiger partial charge in [-0.2, -0.15) is 0 Å². The minimum Gasteiger partial charge on any atom is -0.368 e. The van der Waals surface area contributed by atoms with Gasteiger partial charge in [0.1, 0.15) is 6.10 Å². The molecule has 2 heterocycles. The van der Waals surface area contributed by atoms with Crippen molar-refractivity contribution in [2.24, 2.45) is 0 Å². The van der Waals surface area contributed by atoms with Gasteiger partial charge in [-0.1, -0.05) is 11.6 Å². The first kappa shape index (κ1) is 15.9. The minimum atomic E-state index is -0.252. The number of carbonyl (C=O) groups is 1. The molecule has 0 spiro atoms. The molecule has 1 saturated carbocycles. The van der Waals surface area contributed by atoms with Crippen LogP contribution in [0.2, 0.25) is 5.02 Å². The van der Waals surface area contributed by atoms with Gasteiger partial charge >= 0.3 is 0 Å². The first-order valence-corrected chi connectivity index (χ1v) is 9.12. The summed E-state index contributed by atoms with van der Waals surface area (Å²) in [5.41, 5.74) is 2.03. The van der Waals surface area contributed by atoms with Gasteiger partial charge in [-0.05, 0) is 56.7 Å². The first-order valence-electron chi connectivity index (χ1n) is 8.75. The Morgan fingerprint density at radius 1 is 1.29 bits per heavy atom. The first-order chi connectivity index (χ1) is 11.7. The molecule has 1 N–H and O–H groups in total. The lowest BCUT2D eigenvalue weighted by atomic mass is 9.90. The van der Waals surface area contributed by atoms with Gasteiger partial charge < -0.3 is 14.6 Å². The van der Waals surface area contributed by atoms with E-state index in [0.717, 1.165) is 54.6 Å². The molecule has 2 aromatic rings. The number of amides is 1. The molecule has 0 unspecified atom stereocenters. The number of hydrogen-bond acceptors (Lipinski definition) is 3. The van der Waals surface area contributed by atoms with E-state index in [0.29, 0.717) is 12.6 Å². The topological polar surface area (TPSA) is 56.2 Å². The molecule has 2 aliphatic rings. The van der Waals surface area contributed by atoms with Crippen molar-refractivity contribution in [2.45, 2.75) is 56.7 Å². The Labute approximate surface area is 146 Å². The van der Waals surface area contributed by atoms with Gasteiger partial charge in [-0.25, -0.2) is 4.98 Å². The Kier molecular flexibility index (Phi) is 4.46. The molecule has 1 aromatic carbocycles. The largest absolute Gasteiger partial charge is 0.368 e. The monoisotopic (exact) mass is 347 g/mol. The molecule has 1 aliphatic heterocycles. The third-order valence-electron chi connectivity index (χ3n) is 5.15. The average Bonchev–Trinajstić information content (AvgIpc) is 3.24. The lowest BCUT2D eigenvalue weighted by molar-refractivity contribution is -0.131. The second-order valence-electron chi connectivity index (χ2n) is 6.81. The summed E-state index contributed by atoms with van der Waals surface area (Å²) in [5, 5.41) is 3.91. The van der Waals surface area contributed by atoms with Crippen LogP contribution < -0.4 is 5.32 Å². The summed E-state index contributed by atoms with van der Waals surface area (Å²) in [5.74, 6) is 0.0525. The van der Waals surface area contributed by atoms with Crippen molar-refractivity contribution < 1.29 is 9.53 Å². The summed E-state index contributed by atoms with van der Waals surface area (Å²) in [6, 6.07) is 6.34. The second kappa shape index (κ2) is 6.73. The van der Waals surface area contributed by atoms with E-state index in [1.165, 1.54) is 0 Å². The molecule has 0 radical (unpaired) electrons. The van der Waals surface area contributed by atoms with E-state index in [4.69, 9.17) is 16.3 Å². The standard InChI is InChI=1S/C18H22ClN3O2/c19-12-6-7-15-16(9-12)22(11-20-15)14-4-1-3-13(10-14)21-18(23)17-5-2-8-24-17/h6-7,9,11,13-14,17H,1-5,8,10H2,(H,21,23)/t13-,14+,17-/m0/s1. The van der Waals surface area contributed by atoms with Gasteiger partial charge in [0.25, 0.3) is 0 Å². The Bertz CT molecular complexity index is 739. The number of ether oxygens (including phenoxy) is 1. The van der Waals surface area contributed by atoms with Crippen LogP contribution in [0.5, 0.6) is 0 Å². The number of imidazole rings is 1. The van der Waals surface area contributed by atoms with Crippen LogP contribution in [0.3, 0.4) is 0 Å². The van der Waals surface area contributed by atoms with Gasteiger partial charge in [-0.3, -0.25) is 4.79 Å². The number of benzene rings is 1. The molecule has 1 amide bonds. The molecule has 3 atom stereocenters. The van der Waals surface area contributed by atoms with E-state index in [9.17, 15) is 4.79 Å². The number of fused-ring (bicyclic) bond motifs is 1. The smallest absolute Gasteiger partial charge is 0.249 e. The number of aromatic nitrogens is 2. The van der Waals surface area contributed by atoms with Crippen molar-refractivity contribution in [1.29, 1.82) is 0 Å². The second-order valence-corrected chi connectivity index (χ2v) is 7.25. The maximum Gasteiger partial charge on any atom is 0.249 e. The summed E-state index contributed by atoms with van der Waals surface area (Å²) >= 11 is 6.14. The summed E-state index contributed by atoms with van der Waals surface area (Å²) in [4.78, 5) is 16.8. The Morgan fingerprint density at radius 3 is 3.04 bits per heavy atom. The fourth-order valence-corrected chi connectivity index (χ4v) is 4.08. The van der Waals surface area contributed by atoms with Gasteiger partial charge in [0, 0.05) is 23.7 Å². The van der Waals surface area contributed by atoms with Crippen molar-refractivity contribution >= 4 is 28.5 Å². The lowest BCUT2D eigenvalue weighted by Gasteiger charge is -2.31. The van der Waals surface area contributed by atoms with Crippen molar-refractivity contribution in [2.75, 3.05) is 6.61 Å². The predicted octanol–water partition coefficient (Wildman–Crippen LogP) is 3.47. The van der Waals surface area contributed by atoms with E-state index < -0.39 is 0 Å². The highest BCUT2D eigenvalue weighted by Gasteiger charge is 2.29. The summed E-state index contributed by atoms with van der Waals surface area (Å²) < 4.78 is 7.70. The number of carbonyl (C=O) groups excluding carboxylic acids is 1. The van der Waals surface area contributed by atoms with E-state index in [1.807, 2.05) is 24.5 Å². The van der Waals surface area contributed by atoms with Crippen LogP contribution in [0, 0.1) is 0 Å². The molecule has 4 rings (SSSR count). The normalized spacial score (nSPS) is 27.5. The van der Waals surface area contributed by atoms with Crippen LogP contribution in [0.4, 0.5) is 0 Å². The molecule has 128 valence electrons. The van der Waals surface area contributed by atoms with E-state index in [1.54, 1.807) is 0 Å². The molecule has 1 aromatic heterocycles. The van der Waals surface area contributed by atoms with Gasteiger partial charge in [-0.15, -0.1) is 0 Å². The van der Waals surface area contributed by atoms with E-state index >= 15 is 0 Å². The highest BCUT2D eigenvalue weighted by atomic mass is 35.5. The molecule has 6 heteroatoms. The number of hydrogen-bond donors (Lipinski definition) is 1. The van der Waals surface area contributed by atoms with Gasteiger partial charge in [0.2, 0.25) is 5.91 Å². The van der Waals surface area contributed by atoms with Crippen LogP contribution in [0.1, 0.15) is 44.6 Å². The number of halogens is 1. The van der Waals surface area contributed by atoms with Crippen molar-refractivity contribution in [3.63, 3.8) is 0 Å². The summed E-state index contributed by atoms with van der Waals surface area (Å²) in [6.45, 7) is 0.702. The Hall–Kier alpha value is -1.59. The Morgan fingerprint density at radius 2 is 2.21 bits per heavy atom. The zero-order chi connectivity index (χ0) is 16.5. The Balaban J connectivity index is 1.47. The SMILES string of the molecule is O=C(N[C@H]1CCC[C@@H](n2cnc3ccc(Cl)cc32)C1)[C@@H]1CCCO1. The molecular weight excluding hydrogens is 326 g/mol. The van der Waals surface area contributed by atoms with E-state index in [-0.39, 0.29) is 18.1 Å². The highest BCUT2D eigenvalue weighted by Crippen LogP contribution is 2.32. The maximum atomic E-state index is 12.3. The zero-order valence-corrected chi connectivity index (χ0v) is 14.3. The summed E-state index contributed by atoms with van der Waals surface area (Å²) in [7, 11) is 0. The quantitative estimate of drug-likeness (QED) is 0.925. The van der Waals surface area contributed by atoms with Gasteiger partial charge in [0.15, 0.2) is 0 Å². The van der Waals surface area contributed by atoms with Crippen LogP contribution in [-0.2, 0) is 9.53 Å². The molecule has 1 aliphatic carbocycles. The third-order valence-corrected chi connectivity index (χ3v) is 5.38. The summed E-state index contributed by atoms with van der Waals surface area (Å²) in [6.07, 6.45) is 7.62. The van der Waals surface area contributed by atoms with Crippen LogP contribution in [-0.4, -0.2) is 34.2 Å². The molecule has 1 saturated heterocycles. The lowest BCUT2D eigenvalue weighted by Crippen LogP contribution is -2.43. The van der Waals surface area contributed by atoms with Crippen LogP contribution >= 0.6 is 11.6 Å². The highest BCUT2D eigenvalue weighted by molar-refractivity contribution is 6.31. The van der Waals surface area contributed by atoms with Crippen LogP contribution in [0.25, 0.3) is 11.0 Å². The number of nitrogens with zero attached hydrogens (tertiary/aromatic N) is 2. The predicted molar refractivity (Wildman–Crippen MR) is 93.2 cm³/mol. The fourth-order valence-electron chi connectivity index (χ4n) is 3.92. The molecule has 5 nitrogen and oxygen atoms in total. The minimum absolute atomic E-state index is 0.0525. The average molecular weight is 348 g/mol. The van der Waals surface area contributed by atoms with Gasteiger partial charge in [0.05, 0.1) is 17.4 Å².